The van der Waals surface area contributed by atoms with E-state index in [9.17, 15) is 0 Å². The van der Waals surface area contributed by atoms with Crippen LogP contribution >= 0.6 is 0 Å². The molecule has 2 N–H and O–H groups in total. The van der Waals surface area contributed by atoms with Gasteiger partial charge in [0.15, 0.2) is 11.5 Å². The van der Waals surface area contributed by atoms with Gasteiger partial charge in [-0.15, -0.1) is 0 Å². The Kier molecular flexibility index (Phi) is 5.48. The average molecular weight is 292 g/mol. The first-order valence-electron chi connectivity index (χ1n) is 7.81. The van der Waals surface area contributed by atoms with Gasteiger partial charge >= 0.3 is 0 Å². The van der Waals surface area contributed by atoms with Gasteiger partial charge in [-0.3, -0.25) is 4.90 Å². The number of rotatable bonds is 5. The molecule has 0 radical (unpaired) electrons. The maximum atomic E-state index is 5.99. The molecule has 0 bridgehead atoms. The van der Waals surface area contributed by atoms with Crippen molar-refractivity contribution in [1.82, 2.24) is 4.90 Å². The normalized spacial score (nSPS) is 24.6. The summed E-state index contributed by atoms with van der Waals surface area (Å²) in [5.74, 6) is 1.56. The molecule has 21 heavy (non-hydrogen) atoms. The van der Waals surface area contributed by atoms with Crippen LogP contribution in [0.3, 0.4) is 0 Å². The zero-order valence-corrected chi connectivity index (χ0v) is 13.6. The van der Waals surface area contributed by atoms with E-state index >= 15 is 0 Å². The van der Waals surface area contributed by atoms with E-state index < -0.39 is 0 Å². The monoisotopic (exact) mass is 292 g/mol. The number of ether oxygens (including phenoxy) is 2. The minimum absolute atomic E-state index is 0.327. The lowest BCUT2D eigenvalue weighted by molar-refractivity contribution is 0.0569. The van der Waals surface area contributed by atoms with Crippen LogP contribution in [0.15, 0.2) is 18.2 Å². The fourth-order valence-corrected chi connectivity index (χ4v) is 3.53. The van der Waals surface area contributed by atoms with E-state index in [0.717, 1.165) is 18.0 Å². The third-order valence-corrected chi connectivity index (χ3v) is 4.70. The lowest BCUT2D eigenvalue weighted by Gasteiger charge is -2.44. The predicted molar refractivity (Wildman–Crippen MR) is 86.0 cm³/mol. The number of likely N-dealkylation sites (tertiary alicyclic amines) is 1. The second kappa shape index (κ2) is 7.14. The van der Waals surface area contributed by atoms with E-state index in [1.165, 1.54) is 24.8 Å². The second-order valence-corrected chi connectivity index (χ2v) is 5.91. The van der Waals surface area contributed by atoms with Gasteiger partial charge in [-0.05, 0) is 44.4 Å². The molecular formula is C17H28N2O2. The van der Waals surface area contributed by atoms with Gasteiger partial charge in [0.25, 0.3) is 0 Å². The summed E-state index contributed by atoms with van der Waals surface area (Å²) < 4.78 is 10.7. The van der Waals surface area contributed by atoms with Gasteiger partial charge in [0.2, 0.25) is 0 Å². The fourth-order valence-electron chi connectivity index (χ4n) is 3.53. The highest BCUT2D eigenvalue weighted by atomic mass is 16.5. The Morgan fingerprint density at radius 2 is 1.95 bits per heavy atom. The van der Waals surface area contributed by atoms with Crippen LogP contribution in [0.25, 0.3) is 0 Å². The molecule has 118 valence electrons. The summed E-state index contributed by atoms with van der Waals surface area (Å²) in [7, 11) is 3.34. The van der Waals surface area contributed by atoms with Crippen LogP contribution < -0.4 is 15.2 Å². The Morgan fingerprint density at radius 1 is 1.24 bits per heavy atom. The molecule has 1 aliphatic rings. The highest BCUT2D eigenvalue weighted by Crippen LogP contribution is 2.35. The van der Waals surface area contributed by atoms with Crippen LogP contribution in [-0.4, -0.2) is 37.7 Å². The van der Waals surface area contributed by atoms with Crippen molar-refractivity contribution >= 4 is 0 Å². The molecule has 1 aromatic carbocycles. The van der Waals surface area contributed by atoms with E-state index in [0.29, 0.717) is 18.1 Å². The average Bonchev–Trinajstić information content (AvgIpc) is 2.53. The van der Waals surface area contributed by atoms with Crippen LogP contribution in [-0.2, 0) is 0 Å². The maximum Gasteiger partial charge on any atom is 0.161 e. The van der Waals surface area contributed by atoms with E-state index in [1.54, 1.807) is 14.2 Å². The molecule has 0 aromatic heterocycles. The van der Waals surface area contributed by atoms with Crippen molar-refractivity contribution in [2.45, 2.75) is 51.2 Å². The van der Waals surface area contributed by atoms with Gasteiger partial charge in [0, 0.05) is 24.7 Å². The lowest BCUT2D eigenvalue weighted by Crippen LogP contribution is -2.49. The molecule has 0 saturated carbocycles. The largest absolute Gasteiger partial charge is 0.493 e. The molecule has 4 nitrogen and oxygen atoms in total. The topological polar surface area (TPSA) is 47.7 Å². The molecular weight excluding hydrogens is 264 g/mol. The summed E-state index contributed by atoms with van der Waals surface area (Å²) in [6.45, 7) is 5.28. The summed E-state index contributed by atoms with van der Waals surface area (Å²) in [5.41, 5.74) is 7.24. The third-order valence-electron chi connectivity index (χ3n) is 4.70. The van der Waals surface area contributed by atoms with Crippen molar-refractivity contribution in [3.63, 3.8) is 0 Å². The summed E-state index contributed by atoms with van der Waals surface area (Å²) in [4.78, 5) is 2.56. The van der Waals surface area contributed by atoms with Crippen LogP contribution in [0, 0.1) is 0 Å². The number of hydrogen-bond donors (Lipinski definition) is 1. The first kappa shape index (κ1) is 16.1. The molecule has 2 rings (SSSR count). The standard InChI is InChI=1S/C17H28N2O2/c1-12-6-5-7-15(11-18)19(12)13(2)14-8-9-16(20-3)17(10-14)21-4/h8-10,12-13,15H,5-7,11,18H2,1-4H3. The molecule has 1 aliphatic heterocycles. The fraction of sp³-hybridized carbons (Fsp3) is 0.647. The third kappa shape index (κ3) is 3.33. The number of piperidine rings is 1. The molecule has 3 unspecified atom stereocenters. The highest BCUT2D eigenvalue weighted by molar-refractivity contribution is 5.43. The van der Waals surface area contributed by atoms with Crippen LogP contribution in [0.4, 0.5) is 0 Å². The van der Waals surface area contributed by atoms with Gasteiger partial charge in [0.05, 0.1) is 14.2 Å². The van der Waals surface area contributed by atoms with Gasteiger partial charge in [-0.25, -0.2) is 0 Å². The van der Waals surface area contributed by atoms with Gasteiger partial charge < -0.3 is 15.2 Å². The molecule has 1 saturated heterocycles. The molecule has 1 heterocycles. The summed E-state index contributed by atoms with van der Waals surface area (Å²) in [6.07, 6.45) is 3.71. The first-order chi connectivity index (χ1) is 10.1. The Hall–Kier alpha value is -1.26. The lowest BCUT2D eigenvalue weighted by atomic mass is 9.92. The molecule has 4 heteroatoms. The number of nitrogens with two attached hydrogens (primary N) is 1. The van der Waals surface area contributed by atoms with Gasteiger partial charge in [-0.2, -0.15) is 0 Å². The van der Waals surface area contributed by atoms with Crippen LogP contribution in [0.2, 0.25) is 0 Å². The SMILES string of the molecule is COc1ccc(C(C)N2C(C)CCCC2CN)cc1OC. The van der Waals surface area contributed by atoms with Crippen LogP contribution in [0.5, 0.6) is 11.5 Å². The number of methoxy groups -OCH3 is 2. The number of benzene rings is 1. The predicted octanol–water partition coefficient (Wildman–Crippen LogP) is 2.97. The number of nitrogens with zero attached hydrogens (tertiary/aromatic N) is 1. The number of hydrogen-bond acceptors (Lipinski definition) is 4. The Balaban J connectivity index is 2.27. The van der Waals surface area contributed by atoms with E-state index in [2.05, 4.69) is 30.9 Å². The zero-order chi connectivity index (χ0) is 15.4. The van der Waals surface area contributed by atoms with E-state index in [4.69, 9.17) is 15.2 Å². The first-order valence-corrected chi connectivity index (χ1v) is 7.81. The summed E-state index contributed by atoms with van der Waals surface area (Å²) >= 11 is 0. The van der Waals surface area contributed by atoms with Crippen molar-refractivity contribution in [3.05, 3.63) is 23.8 Å². The Labute approximate surface area is 128 Å². The van der Waals surface area contributed by atoms with Crippen LogP contribution in [0.1, 0.15) is 44.7 Å². The van der Waals surface area contributed by atoms with Gasteiger partial charge in [0.1, 0.15) is 0 Å². The molecule has 3 atom stereocenters. The van der Waals surface area contributed by atoms with E-state index in [1.807, 2.05) is 6.07 Å². The second-order valence-electron chi connectivity index (χ2n) is 5.91. The van der Waals surface area contributed by atoms with Crippen molar-refractivity contribution < 1.29 is 9.47 Å². The molecule has 0 amide bonds. The maximum absolute atomic E-state index is 5.99. The van der Waals surface area contributed by atoms with Crippen molar-refractivity contribution in [2.75, 3.05) is 20.8 Å². The molecule has 0 spiro atoms. The summed E-state index contributed by atoms with van der Waals surface area (Å²) in [6, 6.07) is 7.55. The Morgan fingerprint density at radius 3 is 2.57 bits per heavy atom. The van der Waals surface area contributed by atoms with Gasteiger partial charge in [-0.1, -0.05) is 12.5 Å². The highest BCUT2D eigenvalue weighted by Gasteiger charge is 2.31. The summed E-state index contributed by atoms with van der Waals surface area (Å²) in [5, 5.41) is 0. The van der Waals surface area contributed by atoms with Crippen molar-refractivity contribution in [2.24, 2.45) is 5.73 Å². The minimum atomic E-state index is 0.327. The molecule has 1 aromatic rings. The smallest absolute Gasteiger partial charge is 0.161 e. The van der Waals surface area contributed by atoms with Crippen molar-refractivity contribution in [3.8, 4) is 11.5 Å². The Bertz CT molecular complexity index is 464. The quantitative estimate of drug-likeness (QED) is 0.906. The molecule has 1 fully saturated rings. The van der Waals surface area contributed by atoms with Crippen molar-refractivity contribution in [1.29, 1.82) is 0 Å². The zero-order valence-electron chi connectivity index (χ0n) is 13.6. The minimum Gasteiger partial charge on any atom is -0.493 e. The van der Waals surface area contributed by atoms with E-state index in [-0.39, 0.29) is 0 Å². The molecule has 0 aliphatic carbocycles.